The van der Waals surface area contributed by atoms with Crippen molar-refractivity contribution in [2.24, 2.45) is 0 Å². The number of aromatic nitrogens is 5. The second-order valence-electron chi connectivity index (χ2n) is 18.6. The van der Waals surface area contributed by atoms with Gasteiger partial charge in [0.2, 0.25) is 17.8 Å². The molecule has 4 aromatic heterocycles. The Bertz CT molecular complexity index is 2630. The second kappa shape index (κ2) is 28.1. The van der Waals surface area contributed by atoms with Crippen LogP contribution in [0, 0.1) is 13.8 Å². The number of para-hydroxylation sites is 1. The van der Waals surface area contributed by atoms with Crippen LogP contribution in [0.25, 0.3) is 11.0 Å². The lowest BCUT2D eigenvalue weighted by Gasteiger charge is -2.42. The van der Waals surface area contributed by atoms with Gasteiger partial charge in [0.1, 0.15) is 17.2 Å². The Morgan fingerprint density at radius 3 is 2.05 bits per heavy atom. The van der Waals surface area contributed by atoms with E-state index in [0.717, 1.165) is 79.2 Å². The topological polar surface area (TPSA) is 247 Å². The van der Waals surface area contributed by atoms with Gasteiger partial charge in [-0.3, -0.25) is 29.4 Å². The number of amides is 4. The van der Waals surface area contributed by atoms with Gasteiger partial charge in [-0.25, -0.2) is 15.0 Å². The van der Waals surface area contributed by atoms with Crippen molar-refractivity contribution in [3.05, 3.63) is 76.7 Å². The van der Waals surface area contributed by atoms with E-state index in [-0.39, 0.29) is 42.2 Å². The number of hydrogen-bond acceptors (Lipinski definition) is 18. The minimum atomic E-state index is -0.345. The zero-order chi connectivity index (χ0) is 52.2. The Labute approximate surface area is 440 Å². The average molecular weight is 1060 g/mol. The van der Waals surface area contributed by atoms with Gasteiger partial charge in [0.15, 0.2) is 5.13 Å². The molecule has 2 aliphatic heterocycles. The van der Waals surface area contributed by atoms with Gasteiger partial charge in [-0.05, 0) is 57.0 Å². The third-order valence-electron chi connectivity index (χ3n) is 13.3. The predicted octanol–water partition coefficient (Wildman–Crippen LogP) is 4.66. The number of thiazole rings is 1. The van der Waals surface area contributed by atoms with Crippen LogP contribution in [-0.2, 0) is 43.5 Å². The quantitative estimate of drug-likeness (QED) is 0.0409. The van der Waals surface area contributed by atoms with Gasteiger partial charge in [0.25, 0.3) is 11.8 Å². The van der Waals surface area contributed by atoms with Crippen molar-refractivity contribution in [1.82, 2.24) is 40.0 Å². The number of piperazine rings is 1. The van der Waals surface area contributed by atoms with E-state index >= 15 is 0 Å². The van der Waals surface area contributed by atoms with Crippen LogP contribution in [0.5, 0.6) is 0 Å². The van der Waals surface area contributed by atoms with Crippen LogP contribution in [0.15, 0.2) is 54.9 Å². The van der Waals surface area contributed by atoms with Crippen molar-refractivity contribution in [3.63, 3.8) is 0 Å². The number of aryl methyl sites for hydroxylation is 2. The number of ether oxygens (including phenoxy) is 6. The summed E-state index contributed by atoms with van der Waals surface area (Å²) in [7, 11) is 0. The number of nitrogens with one attached hydrogen (secondary N) is 5. The molecule has 0 radical (unpaired) electrons. The highest BCUT2D eigenvalue weighted by molar-refractivity contribution is 7.15. The first-order valence-electron chi connectivity index (χ1n) is 25.9. The van der Waals surface area contributed by atoms with E-state index < -0.39 is 0 Å². The highest BCUT2D eigenvalue weighted by Gasteiger charge is 2.41. The molecule has 75 heavy (non-hydrogen) atoms. The molecule has 4 amide bonds. The molecule has 0 atom stereocenters. The molecule has 0 unspecified atom stereocenters. The first-order chi connectivity index (χ1) is 36.6. The zero-order valence-corrected chi connectivity index (χ0v) is 43.8. The highest BCUT2D eigenvalue weighted by atomic mass is 32.1. The van der Waals surface area contributed by atoms with Crippen LogP contribution in [0.4, 0.5) is 28.3 Å². The van der Waals surface area contributed by atoms with E-state index in [1.807, 2.05) is 38.2 Å². The lowest BCUT2D eigenvalue weighted by Crippen LogP contribution is -2.52. The van der Waals surface area contributed by atoms with Crippen LogP contribution >= 0.6 is 11.3 Å². The van der Waals surface area contributed by atoms with E-state index in [1.165, 1.54) is 17.8 Å². The van der Waals surface area contributed by atoms with Crippen LogP contribution in [0.2, 0.25) is 0 Å². The Morgan fingerprint density at radius 1 is 0.733 bits per heavy atom. The molecule has 1 saturated carbocycles. The van der Waals surface area contributed by atoms with Crippen LogP contribution in [0.3, 0.4) is 0 Å². The third kappa shape index (κ3) is 15.9. The van der Waals surface area contributed by atoms with Gasteiger partial charge in [0, 0.05) is 55.7 Å². The maximum absolute atomic E-state index is 12.8. The van der Waals surface area contributed by atoms with Crippen LogP contribution in [-0.4, -0.2) is 178 Å². The number of anilines is 5. The fourth-order valence-corrected chi connectivity index (χ4v) is 10.0. The van der Waals surface area contributed by atoms with Crippen molar-refractivity contribution in [2.75, 3.05) is 146 Å². The normalized spacial score (nSPS) is 15.4. The van der Waals surface area contributed by atoms with Crippen molar-refractivity contribution in [1.29, 1.82) is 0 Å². The molecule has 0 bridgehead atoms. The van der Waals surface area contributed by atoms with Crippen LogP contribution < -0.4 is 31.5 Å². The predicted molar refractivity (Wildman–Crippen MR) is 284 cm³/mol. The number of rotatable bonds is 29. The monoisotopic (exact) mass is 1050 g/mol. The second-order valence-corrected chi connectivity index (χ2v) is 19.8. The largest absolute Gasteiger partial charge is 0.379 e. The molecule has 22 nitrogen and oxygen atoms in total. The molecule has 3 aliphatic rings. The Morgan fingerprint density at radius 2 is 1.40 bits per heavy atom. The van der Waals surface area contributed by atoms with Crippen molar-refractivity contribution in [3.8, 4) is 0 Å². The minimum absolute atomic E-state index is 0.0320. The number of nitrogens with zero attached hydrogens (tertiary/aromatic N) is 7. The Kier molecular flexibility index (Phi) is 20.6. The number of carbonyl (C=O) groups excluding carboxylic acids is 4. The van der Waals surface area contributed by atoms with Gasteiger partial charge in [-0.2, -0.15) is 4.98 Å². The summed E-state index contributed by atoms with van der Waals surface area (Å²) in [6.45, 7) is 13.0. The summed E-state index contributed by atoms with van der Waals surface area (Å²) >= 11 is 1.40. The minimum Gasteiger partial charge on any atom is -0.379 e. The summed E-state index contributed by atoms with van der Waals surface area (Å²) in [5, 5.41) is 16.3. The first-order valence-corrected chi connectivity index (χ1v) is 26.7. The van der Waals surface area contributed by atoms with Crippen molar-refractivity contribution >= 4 is 74.3 Å². The summed E-state index contributed by atoms with van der Waals surface area (Å²) in [5.74, 6) is 0.364. The number of carbonyl (C=O) groups is 4. The molecule has 404 valence electrons. The zero-order valence-electron chi connectivity index (χ0n) is 43.0. The fraction of sp³-hybridized carbons (Fsp3) is 0.538. The highest BCUT2D eigenvalue weighted by Crippen LogP contribution is 2.40. The molecule has 5 aromatic rings. The fourth-order valence-electron chi connectivity index (χ4n) is 9.23. The summed E-state index contributed by atoms with van der Waals surface area (Å²) in [6.07, 6.45) is 9.26. The smallest absolute Gasteiger partial charge is 0.268 e. The number of pyridine rings is 1. The lowest BCUT2D eigenvalue weighted by molar-refractivity contribution is -0.122. The van der Waals surface area contributed by atoms with E-state index in [9.17, 15) is 19.2 Å². The molecule has 23 heteroatoms. The molecular formula is C52H70N12O10S. The standard InChI is InChI=1S/C52H70N12O10S/c1-37-38(2)75-51(57-37)61-48(67)41-8-4-5-9-42(41)58-45(65)12-20-69-22-24-71-26-28-73-30-31-74-29-27-72-25-23-70-21-15-53-46(66)35-62-16-18-63(19-17-62)40-10-11-44(54-34-40)59-50-55-33-39-32-43-49(68)56-36-52(13-6-3-7-14-52)64(43)47(39)60-50/h4-5,8-11,32-34H,3,6-7,12-31,35-36H2,1-2H3,(H,53,66)(H,56,68)(H,58,65)(H,57,61,67)(H,54,55,59,60). The van der Waals surface area contributed by atoms with Gasteiger partial charge in [0.05, 0.1) is 127 Å². The molecular weight excluding hydrogens is 985 g/mol. The van der Waals surface area contributed by atoms with E-state index in [0.29, 0.717) is 126 Å². The molecule has 1 aromatic carbocycles. The van der Waals surface area contributed by atoms with E-state index in [4.69, 9.17) is 33.4 Å². The molecule has 6 heterocycles. The number of fused-ring (bicyclic) bond motifs is 4. The Hall–Kier alpha value is -6.18. The third-order valence-corrected chi connectivity index (χ3v) is 14.3. The lowest BCUT2D eigenvalue weighted by atomic mass is 9.80. The maximum atomic E-state index is 12.8. The van der Waals surface area contributed by atoms with Gasteiger partial charge >= 0.3 is 0 Å². The molecule has 1 saturated heterocycles. The van der Waals surface area contributed by atoms with Gasteiger partial charge in [-0.1, -0.05) is 31.4 Å². The first kappa shape index (κ1) is 55.1. The van der Waals surface area contributed by atoms with Gasteiger partial charge in [-0.15, -0.1) is 11.3 Å². The maximum Gasteiger partial charge on any atom is 0.268 e. The molecule has 1 aliphatic carbocycles. The summed E-state index contributed by atoms with van der Waals surface area (Å²) in [6, 6.07) is 12.7. The van der Waals surface area contributed by atoms with Crippen molar-refractivity contribution in [2.45, 2.75) is 57.9 Å². The number of benzene rings is 1. The van der Waals surface area contributed by atoms with E-state index in [2.05, 4.69) is 55.9 Å². The van der Waals surface area contributed by atoms with E-state index in [1.54, 1.807) is 30.5 Å². The SMILES string of the molecule is Cc1nc(NC(=O)c2ccccc2NC(=O)CCOCCOCCOCCOCCOCCOCCNC(=O)CN2CCN(c3ccc(Nc4ncc5cc6n(c5n4)C4(CCCCC4)CNC6=O)nc3)CC2)sc1C. The summed E-state index contributed by atoms with van der Waals surface area (Å²) in [5.41, 5.74) is 3.92. The molecule has 5 N–H and O–H groups in total. The molecule has 1 spiro atoms. The molecule has 8 rings (SSSR count). The van der Waals surface area contributed by atoms with Gasteiger partial charge < -0.3 is 59.2 Å². The van der Waals surface area contributed by atoms with Crippen LogP contribution in [0.1, 0.15) is 69.9 Å². The van der Waals surface area contributed by atoms with Crippen molar-refractivity contribution < 1.29 is 47.6 Å². The average Bonchev–Trinajstić information content (AvgIpc) is 3.99. The summed E-state index contributed by atoms with van der Waals surface area (Å²) < 4.78 is 35.5. The Balaban J connectivity index is 0.576. The number of hydrogen-bond donors (Lipinski definition) is 5. The molecule has 2 fully saturated rings. The summed E-state index contributed by atoms with van der Waals surface area (Å²) in [4.78, 5) is 74.7.